The van der Waals surface area contributed by atoms with Crippen molar-refractivity contribution in [1.82, 2.24) is 30.6 Å². The molecule has 0 bridgehead atoms. The van der Waals surface area contributed by atoms with Gasteiger partial charge in [-0.1, -0.05) is 5.92 Å². The molecule has 166 valence electrons. The second kappa shape index (κ2) is 10.9. The minimum atomic E-state index is -0.0975. The van der Waals surface area contributed by atoms with E-state index < -0.39 is 0 Å². The Morgan fingerprint density at radius 2 is 1.88 bits per heavy atom. The summed E-state index contributed by atoms with van der Waals surface area (Å²) >= 11 is 0. The molecule has 10 nitrogen and oxygen atoms in total. The number of amides is 1. The van der Waals surface area contributed by atoms with E-state index >= 15 is 0 Å². The number of nitrogens with one attached hydrogen (secondary N) is 2. The minimum Gasteiger partial charge on any atom is -0.382 e. The normalized spacial score (nSPS) is 10.6. The Hall–Kier alpha value is -3.97. The number of hydrogen-bond donors (Lipinski definition) is 4. The zero-order valence-electron chi connectivity index (χ0n) is 18.0. The van der Waals surface area contributed by atoms with Gasteiger partial charge in [0.1, 0.15) is 0 Å². The zero-order valence-corrected chi connectivity index (χ0v) is 18.0. The van der Waals surface area contributed by atoms with E-state index in [2.05, 4.69) is 36.5 Å². The highest BCUT2D eigenvalue weighted by Gasteiger charge is 2.12. The van der Waals surface area contributed by atoms with Crippen LogP contribution >= 0.6 is 0 Å². The maximum atomic E-state index is 12.3. The number of rotatable bonds is 10. The average Bonchev–Trinajstić information content (AvgIpc) is 2.79. The summed E-state index contributed by atoms with van der Waals surface area (Å²) in [7, 11) is 1.91. The number of benzene rings is 1. The molecule has 2 aromatic heterocycles. The van der Waals surface area contributed by atoms with E-state index in [0.29, 0.717) is 42.1 Å². The summed E-state index contributed by atoms with van der Waals surface area (Å²) in [5.41, 5.74) is 14.3. The largest absolute Gasteiger partial charge is 0.382 e. The molecule has 10 heteroatoms. The van der Waals surface area contributed by atoms with Crippen LogP contribution in [-0.4, -0.2) is 52.5 Å². The van der Waals surface area contributed by atoms with Crippen LogP contribution in [0.25, 0.3) is 11.2 Å². The first-order valence-electron chi connectivity index (χ1n) is 10.3. The molecule has 0 unspecified atom stereocenters. The predicted molar refractivity (Wildman–Crippen MR) is 126 cm³/mol. The lowest BCUT2D eigenvalue weighted by atomic mass is 10.1. The summed E-state index contributed by atoms with van der Waals surface area (Å²) in [6.45, 7) is 2.33. The molecule has 1 aromatic carbocycles. The first-order valence-corrected chi connectivity index (χ1v) is 10.3. The third-order valence-corrected chi connectivity index (χ3v) is 4.77. The number of unbranched alkanes of at least 4 members (excludes halogenated alkanes) is 1. The lowest BCUT2D eigenvalue weighted by molar-refractivity contribution is 0.0953. The Balaban J connectivity index is 1.70. The standard InChI is InChI=1S/C22H27N9O/c1-3-12-31(14-16-13-27-20-18(28-16)19(23)29-22(24)30-20)17-8-6-15(7-9-17)21(32)26-11-5-4-10-25-2/h1,6-9,13,25H,4-5,10-12,14H2,2H3,(H,26,32)(H4,23,24,27,29,30). The number of nitrogens with zero attached hydrogens (tertiary/aromatic N) is 5. The number of carbonyl (C=O) groups is 1. The molecule has 1 amide bonds. The Morgan fingerprint density at radius 1 is 1.12 bits per heavy atom. The number of hydrogen-bond acceptors (Lipinski definition) is 9. The van der Waals surface area contributed by atoms with Gasteiger partial charge in [0.05, 0.1) is 25.0 Å². The van der Waals surface area contributed by atoms with Crippen LogP contribution in [-0.2, 0) is 6.54 Å². The van der Waals surface area contributed by atoms with Crippen LogP contribution < -0.4 is 27.0 Å². The van der Waals surface area contributed by atoms with Crippen LogP contribution in [0.3, 0.4) is 0 Å². The second-order valence-corrected chi connectivity index (χ2v) is 7.17. The average molecular weight is 434 g/mol. The summed E-state index contributed by atoms with van der Waals surface area (Å²) in [4.78, 5) is 31.1. The number of fused-ring (bicyclic) bond motifs is 1. The van der Waals surface area contributed by atoms with Gasteiger partial charge in [0.2, 0.25) is 5.95 Å². The summed E-state index contributed by atoms with van der Waals surface area (Å²) in [6, 6.07) is 7.28. The van der Waals surface area contributed by atoms with Crippen molar-refractivity contribution in [1.29, 1.82) is 0 Å². The number of terminal acetylenes is 1. The van der Waals surface area contributed by atoms with E-state index in [1.54, 1.807) is 18.3 Å². The number of carbonyl (C=O) groups excluding carboxylic acids is 1. The van der Waals surface area contributed by atoms with Crippen LogP contribution in [0, 0.1) is 12.3 Å². The van der Waals surface area contributed by atoms with Gasteiger partial charge in [0, 0.05) is 17.8 Å². The van der Waals surface area contributed by atoms with Gasteiger partial charge >= 0.3 is 0 Å². The van der Waals surface area contributed by atoms with Crippen LogP contribution in [0.1, 0.15) is 28.9 Å². The van der Waals surface area contributed by atoms with Crippen LogP contribution in [0.15, 0.2) is 30.5 Å². The van der Waals surface area contributed by atoms with Gasteiger partial charge in [-0.3, -0.25) is 4.79 Å². The fraction of sp³-hybridized carbons (Fsp3) is 0.318. The van der Waals surface area contributed by atoms with E-state index in [4.69, 9.17) is 17.9 Å². The van der Waals surface area contributed by atoms with Crippen molar-refractivity contribution in [3.8, 4) is 12.3 Å². The molecule has 3 rings (SSSR count). The topological polar surface area (TPSA) is 148 Å². The fourth-order valence-electron chi connectivity index (χ4n) is 3.16. The summed E-state index contributed by atoms with van der Waals surface area (Å²) < 4.78 is 0. The van der Waals surface area contributed by atoms with E-state index in [1.807, 2.05) is 24.1 Å². The van der Waals surface area contributed by atoms with Gasteiger partial charge in [-0.2, -0.15) is 9.97 Å². The maximum Gasteiger partial charge on any atom is 0.251 e. The molecule has 3 aromatic rings. The highest BCUT2D eigenvalue weighted by Crippen LogP contribution is 2.19. The first-order chi connectivity index (χ1) is 15.5. The molecule has 0 fully saturated rings. The molecule has 32 heavy (non-hydrogen) atoms. The Morgan fingerprint density at radius 3 is 2.59 bits per heavy atom. The molecular weight excluding hydrogens is 406 g/mol. The van der Waals surface area contributed by atoms with E-state index in [0.717, 1.165) is 25.1 Å². The first kappa shape index (κ1) is 22.7. The van der Waals surface area contributed by atoms with Gasteiger partial charge in [0.25, 0.3) is 5.91 Å². The highest BCUT2D eigenvalue weighted by molar-refractivity contribution is 5.94. The summed E-state index contributed by atoms with van der Waals surface area (Å²) in [5, 5.41) is 6.02. The van der Waals surface area contributed by atoms with Gasteiger partial charge in [0.15, 0.2) is 17.0 Å². The Kier molecular flexibility index (Phi) is 7.72. The zero-order chi connectivity index (χ0) is 22.9. The minimum absolute atomic E-state index is 0.0492. The number of nitrogen functional groups attached to an aromatic ring is 2. The predicted octanol–water partition coefficient (Wildman–Crippen LogP) is 0.953. The SMILES string of the molecule is C#CCN(Cc1cnc2nc(N)nc(N)c2n1)c1ccc(C(=O)NCCCCNC)cc1. The third-order valence-electron chi connectivity index (χ3n) is 4.77. The van der Waals surface area contributed by atoms with Crippen LogP contribution in [0.2, 0.25) is 0 Å². The van der Waals surface area contributed by atoms with Crippen molar-refractivity contribution in [2.24, 2.45) is 0 Å². The second-order valence-electron chi connectivity index (χ2n) is 7.17. The van der Waals surface area contributed by atoms with Crippen LogP contribution in [0.4, 0.5) is 17.5 Å². The molecule has 0 aliphatic heterocycles. The monoisotopic (exact) mass is 433 g/mol. The Bertz CT molecular complexity index is 1110. The lowest BCUT2D eigenvalue weighted by Gasteiger charge is -2.22. The van der Waals surface area contributed by atoms with Crippen molar-refractivity contribution in [2.45, 2.75) is 19.4 Å². The van der Waals surface area contributed by atoms with E-state index in [9.17, 15) is 4.79 Å². The van der Waals surface area contributed by atoms with Gasteiger partial charge in [-0.15, -0.1) is 6.42 Å². The van der Waals surface area contributed by atoms with Crippen molar-refractivity contribution in [3.05, 3.63) is 41.7 Å². The van der Waals surface area contributed by atoms with Crippen molar-refractivity contribution in [2.75, 3.05) is 43.0 Å². The van der Waals surface area contributed by atoms with Gasteiger partial charge in [-0.05, 0) is 50.7 Å². The molecule has 2 heterocycles. The van der Waals surface area contributed by atoms with Crippen molar-refractivity contribution < 1.29 is 4.79 Å². The molecule has 0 saturated heterocycles. The third kappa shape index (κ3) is 5.80. The Labute approximate surface area is 186 Å². The number of anilines is 3. The molecule has 0 aliphatic rings. The number of nitrogens with two attached hydrogens (primary N) is 2. The molecule has 6 N–H and O–H groups in total. The smallest absolute Gasteiger partial charge is 0.251 e. The molecule has 0 saturated carbocycles. The highest BCUT2D eigenvalue weighted by atomic mass is 16.1. The summed E-state index contributed by atoms with van der Waals surface area (Å²) in [6.07, 6.45) is 9.11. The molecule has 0 radical (unpaired) electrons. The van der Waals surface area contributed by atoms with Gasteiger partial charge < -0.3 is 27.0 Å². The molecule has 0 atom stereocenters. The van der Waals surface area contributed by atoms with E-state index in [-0.39, 0.29) is 17.7 Å². The van der Waals surface area contributed by atoms with E-state index in [1.165, 1.54) is 0 Å². The fourth-order valence-corrected chi connectivity index (χ4v) is 3.16. The van der Waals surface area contributed by atoms with Crippen molar-refractivity contribution in [3.63, 3.8) is 0 Å². The lowest BCUT2D eigenvalue weighted by Crippen LogP contribution is -2.26. The molecule has 0 aliphatic carbocycles. The molecular formula is C22H27N9O. The quantitative estimate of drug-likeness (QED) is 0.271. The number of aromatic nitrogens is 4. The molecule has 0 spiro atoms. The van der Waals surface area contributed by atoms with Gasteiger partial charge in [-0.25, -0.2) is 9.97 Å². The van der Waals surface area contributed by atoms with Crippen molar-refractivity contribution >= 4 is 34.5 Å². The summed E-state index contributed by atoms with van der Waals surface area (Å²) in [5.74, 6) is 2.78. The maximum absolute atomic E-state index is 12.3. The van der Waals surface area contributed by atoms with Crippen LogP contribution in [0.5, 0.6) is 0 Å².